The highest BCUT2D eigenvalue weighted by atomic mass is 16.4. The highest BCUT2D eigenvalue weighted by Gasteiger charge is 2.79. The molecule has 1 atom stereocenters. The molecule has 1 heterocycles. The smallest absolute Gasteiger partial charge is 0.344 e. The molecule has 7 heteroatoms. The average Bonchev–Trinajstić information content (AvgIpc) is 2.70. The summed E-state index contributed by atoms with van der Waals surface area (Å²) in [6, 6.07) is 8.53. The van der Waals surface area contributed by atoms with Crippen molar-refractivity contribution in [2.45, 2.75) is 51.3 Å². The number of hydrogen-bond donors (Lipinski definition) is 3. The van der Waals surface area contributed by atoms with Gasteiger partial charge in [0.15, 0.2) is 0 Å². The predicted octanol–water partition coefficient (Wildman–Crippen LogP) is 1.49. The molecule has 7 nitrogen and oxygen atoms in total. The molecule has 1 unspecified atom stereocenters. The lowest BCUT2D eigenvalue weighted by Crippen LogP contribution is -2.69. The van der Waals surface area contributed by atoms with Gasteiger partial charge in [-0.3, -0.25) is 4.79 Å². The van der Waals surface area contributed by atoms with E-state index in [4.69, 9.17) is 0 Å². The number of benzene rings is 1. The van der Waals surface area contributed by atoms with E-state index in [0.717, 1.165) is 11.8 Å². The van der Waals surface area contributed by atoms with Gasteiger partial charge in [0.25, 0.3) is 5.54 Å². The van der Waals surface area contributed by atoms with Crippen LogP contribution < -0.4 is 0 Å². The highest BCUT2D eigenvalue weighted by molar-refractivity contribution is 6.12. The predicted molar refractivity (Wildman–Crippen MR) is 88.6 cm³/mol. The monoisotopic (exact) mass is 349 g/mol. The van der Waals surface area contributed by atoms with Crippen molar-refractivity contribution in [2.24, 2.45) is 5.41 Å². The first-order chi connectivity index (χ1) is 11.6. The van der Waals surface area contributed by atoms with Crippen molar-refractivity contribution in [1.82, 2.24) is 4.90 Å². The molecule has 2 rings (SSSR count). The Morgan fingerprint density at radius 3 is 1.92 bits per heavy atom. The van der Waals surface area contributed by atoms with E-state index in [9.17, 15) is 29.7 Å². The van der Waals surface area contributed by atoms with Crippen LogP contribution in [0.25, 0.3) is 0 Å². The van der Waals surface area contributed by atoms with Crippen LogP contribution >= 0.6 is 0 Å². The summed E-state index contributed by atoms with van der Waals surface area (Å²) >= 11 is 0. The first kappa shape index (κ1) is 18.9. The quantitative estimate of drug-likeness (QED) is 0.670. The van der Waals surface area contributed by atoms with Gasteiger partial charge in [0, 0.05) is 6.54 Å². The summed E-state index contributed by atoms with van der Waals surface area (Å²) in [7, 11) is 0. The van der Waals surface area contributed by atoms with E-state index < -0.39 is 34.4 Å². The van der Waals surface area contributed by atoms with Crippen LogP contribution in [0.3, 0.4) is 0 Å². The summed E-state index contributed by atoms with van der Waals surface area (Å²) in [6.45, 7) is 4.23. The van der Waals surface area contributed by atoms with Crippen molar-refractivity contribution < 1.29 is 29.7 Å². The largest absolute Gasteiger partial charge is 0.479 e. The number of aliphatic carboxylic acids is 2. The van der Waals surface area contributed by atoms with Crippen LogP contribution in [0.5, 0.6) is 0 Å². The Morgan fingerprint density at radius 1 is 1.04 bits per heavy atom. The van der Waals surface area contributed by atoms with Crippen molar-refractivity contribution in [3.05, 3.63) is 35.9 Å². The Morgan fingerprint density at radius 2 is 1.52 bits per heavy atom. The standard InChI is InChI=1S/C18H23NO6/c1-4-17(5-2)13(20)19(11-12-9-7-6-8-10-12)18(14(21)22,15(23)24)16(17,3)25/h6-10,25H,4-5,11H2,1-3H3,(H,21,22)(H,23,24). The Bertz CT molecular complexity index is 679. The first-order valence-corrected chi connectivity index (χ1v) is 8.18. The van der Waals surface area contributed by atoms with Gasteiger partial charge in [-0.1, -0.05) is 44.2 Å². The fraction of sp³-hybridized carbons (Fsp3) is 0.500. The van der Waals surface area contributed by atoms with E-state index in [-0.39, 0.29) is 19.4 Å². The molecular weight excluding hydrogens is 326 g/mol. The molecule has 25 heavy (non-hydrogen) atoms. The molecule has 1 aliphatic rings. The molecule has 1 saturated heterocycles. The molecule has 0 aliphatic carbocycles. The molecule has 0 bridgehead atoms. The topological polar surface area (TPSA) is 115 Å². The molecule has 0 spiro atoms. The number of amides is 1. The first-order valence-electron chi connectivity index (χ1n) is 8.18. The maximum atomic E-state index is 13.2. The van der Waals surface area contributed by atoms with Crippen LogP contribution in [0.15, 0.2) is 30.3 Å². The minimum Gasteiger partial charge on any atom is -0.479 e. The maximum Gasteiger partial charge on any atom is 0.344 e. The molecular formula is C18H23NO6. The lowest BCUT2D eigenvalue weighted by atomic mass is 9.64. The van der Waals surface area contributed by atoms with E-state index in [1.54, 1.807) is 44.2 Å². The number of hydrogen-bond acceptors (Lipinski definition) is 4. The van der Waals surface area contributed by atoms with Crippen molar-refractivity contribution in [3.8, 4) is 0 Å². The number of likely N-dealkylation sites (tertiary alicyclic amines) is 1. The minimum absolute atomic E-state index is 0.128. The van der Waals surface area contributed by atoms with Gasteiger partial charge in [-0.25, -0.2) is 9.59 Å². The fourth-order valence-corrected chi connectivity index (χ4v) is 4.16. The molecule has 136 valence electrons. The van der Waals surface area contributed by atoms with Crippen LogP contribution in [0, 0.1) is 5.41 Å². The third-order valence-corrected chi connectivity index (χ3v) is 5.71. The summed E-state index contributed by atoms with van der Waals surface area (Å²) in [5.41, 5.74) is -5.95. The maximum absolute atomic E-state index is 13.2. The van der Waals surface area contributed by atoms with E-state index in [1.807, 2.05) is 0 Å². The Kier molecular flexibility index (Phi) is 4.65. The lowest BCUT2D eigenvalue weighted by Gasteiger charge is -2.42. The van der Waals surface area contributed by atoms with Crippen LogP contribution in [0.4, 0.5) is 0 Å². The van der Waals surface area contributed by atoms with E-state index in [1.165, 1.54) is 0 Å². The van der Waals surface area contributed by atoms with Gasteiger partial charge in [-0.05, 0) is 25.3 Å². The second-order valence-electron chi connectivity index (χ2n) is 6.56. The van der Waals surface area contributed by atoms with Gasteiger partial charge in [-0.15, -0.1) is 0 Å². The molecule has 1 aliphatic heterocycles. The number of rotatable bonds is 6. The van der Waals surface area contributed by atoms with Gasteiger partial charge in [0.1, 0.15) is 5.60 Å². The summed E-state index contributed by atoms with van der Waals surface area (Å²) < 4.78 is 0. The van der Waals surface area contributed by atoms with Crippen molar-refractivity contribution in [2.75, 3.05) is 0 Å². The lowest BCUT2D eigenvalue weighted by molar-refractivity contribution is -0.187. The third-order valence-electron chi connectivity index (χ3n) is 5.71. The average molecular weight is 349 g/mol. The molecule has 1 aromatic carbocycles. The van der Waals surface area contributed by atoms with Crippen molar-refractivity contribution in [3.63, 3.8) is 0 Å². The summed E-state index contributed by atoms with van der Waals surface area (Å²) in [6.07, 6.45) is 0.256. The van der Waals surface area contributed by atoms with Crippen LogP contribution in [-0.4, -0.2) is 49.2 Å². The molecule has 0 radical (unpaired) electrons. The second kappa shape index (κ2) is 6.15. The highest BCUT2D eigenvalue weighted by Crippen LogP contribution is 2.55. The zero-order valence-electron chi connectivity index (χ0n) is 14.5. The van der Waals surface area contributed by atoms with Crippen molar-refractivity contribution >= 4 is 17.8 Å². The number of carbonyl (C=O) groups excluding carboxylic acids is 1. The van der Waals surface area contributed by atoms with Crippen LogP contribution in [-0.2, 0) is 20.9 Å². The second-order valence-corrected chi connectivity index (χ2v) is 6.56. The fourth-order valence-electron chi connectivity index (χ4n) is 4.16. The third kappa shape index (κ3) is 2.18. The number of carbonyl (C=O) groups is 3. The van der Waals surface area contributed by atoms with E-state index in [2.05, 4.69) is 0 Å². The zero-order valence-corrected chi connectivity index (χ0v) is 14.5. The number of carboxylic acids is 2. The van der Waals surface area contributed by atoms with Gasteiger partial charge < -0.3 is 20.2 Å². The minimum atomic E-state index is -2.76. The summed E-state index contributed by atoms with van der Waals surface area (Å²) in [4.78, 5) is 38.2. The van der Waals surface area contributed by atoms with Crippen LogP contribution in [0.2, 0.25) is 0 Å². The van der Waals surface area contributed by atoms with Gasteiger partial charge in [0.2, 0.25) is 5.91 Å². The molecule has 1 aromatic rings. The van der Waals surface area contributed by atoms with Crippen LogP contribution in [0.1, 0.15) is 39.2 Å². The molecule has 1 amide bonds. The number of nitrogens with zero attached hydrogens (tertiary/aromatic N) is 1. The summed E-state index contributed by atoms with van der Waals surface area (Å²) in [5.74, 6) is -4.16. The SMILES string of the molecule is CCC1(CC)C(=O)N(Cc2ccccc2)C(C(=O)O)(C(=O)O)C1(C)O. The Balaban J connectivity index is 2.75. The zero-order chi connectivity index (χ0) is 19.0. The number of aliphatic hydroxyl groups is 1. The van der Waals surface area contributed by atoms with Gasteiger partial charge in [-0.2, -0.15) is 0 Å². The van der Waals surface area contributed by atoms with Crippen molar-refractivity contribution in [1.29, 1.82) is 0 Å². The Hall–Kier alpha value is -2.41. The summed E-state index contributed by atoms with van der Waals surface area (Å²) in [5, 5.41) is 30.8. The number of carboxylic acid groups (broad SMARTS) is 2. The molecule has 0 aromatic heterocycles. The van der Waals surface area contributed by atoms with E-state index in [0.29, 0.717) is 5.56 Å². The molecule has 0 saturated carbocycles. The molecule has 3 N–H and O–H groups in total. The van der Waals surface area contributed by atoms with Gasteiger partial charge >= 0.3 is 11.9 Å². The van der Waals surface area contributed by atoms with E-state index >= 15 is 0 Å². The normalized spacial score (nSPS) is 24.3. The van der Waals surface area contributed by atoms with Gasteiger partial charge in [0.05, 0.1) is 5.41 Å². The Labute approximate surface area is 145 Å². The molecule has 1 fully saturated rings.